The molecule has 0 saturated heterocycles. The number of aromatic nitrogens is 4. The minimum absolute atomic E-state index is 0.550. The second kappa shape index (κ2) is 10.7. The molecule has 0 N–H and O–H groups in total. The molecular formula is C45H26N4O2. The molecule has 0 spiro atoms. The van der Waals surface area contributed by atoms with Crippen molar-refractivity contribution in [2.24, 2.45) is 0 Å². The SMILES string of the molecule is c1ccc(-c2nc(-c3ccc4oc5ccc(-n6c7ccccc7c7ccccc76)cc5c4c3)nc(-c3cccc4c3oc3ccccc34)n2)cc1. The summed E-state index contributed by atoms with van der Waals surface area (Å²) in [4.78, 5) is 15.1. The van der Waals surface area contributed by atoms with Crippen LogP contribution < -0.4 is 0 Å². The van der Waals surface area contributed by atoms with Gasteiger partial charge in [-0.2, -0.15) is 0 Å². The summed E-state index contributed by atoms with van der Waals surface area (Å²) in [7, 11) is 0. The van der Waals surface area contributed by atoms with Crippen molar-refractivity contribution in [2.75, 3.05) is 0 Å². The van der Waals surface area contributed by atoms with E-state index < -0.39 is 0 Å². The molecule has 0 aliphatic heterocycles. The molecule has 0 aliphatic rings. The van der Waals surface area contributed by atoms with Crippen LogP contribution in [0.3, 0.4) is 0 Å². The van der Waals surface area contributed by atoms with E-state index in [-0.39, 0.29) is 0 Å². The third-order valence-corrected chi connectivity index (χ3v) is 9.86. The summed E-state index contributed by atoms with van der Waals surface area (Å²) in [5, 5.41) is 6.56. The Labute approximate surface area is 290 Å². The smallest absolute Gasteiger partial charge is 0.167 e. The van der Waals surface area contributed by atoms with Crippen LogP contribution in [0, 0.1) is 0 Å². The molecule has 4 heterocycles. The molecule has 0 saturated carbocycles. The first kappa shape index (κ1) is 27.9. The van der Waals surface area contributed by atoms with Gasteiger partial charge in [-0.15, -0.1) is 0 Å². The van der Waals surface area contributed by atoms with Crippen LogP contribution in [-0.4, -0.2) is 19.5 Å². The fraction of sp³-hybridized carbons (Fsp3) is 0. The van der Waals surface area contributed by atoms with Crippen molar-refractivity contribution in [1.29, 1.82) is 0 Å². The number of rotatable bonds is 4. The van der Waals surface area contributed by atoms with E-state index in [1.807, 2.05) is 72.8 Å². The van der Waals surface area contributed by atoms with Crippen LogP contribution in [0.5, 0.6) is 0 Å². The maximum atomic E-state index is 6.41. The maximum absolute atomic E-state index is 6.41. The molecule has 11 rings (SSSR count). The van der Waals surface area contributed by atoms with Crippen molar-refractivity contribution in [3.63, 3.8) is 0 Å². The zero-order valence-electron chi connectivity index (χ0n) is 27.1. The first-order valence-electron chi connectivity index (χ1n) is 16.9. The highest BCUT2D eigenvalue weighted by molar-refractivity contribution is 6.11. The fourth-order valence-corrected chi connectivity index (χ4v) is 7.51. The van der Waals surface area contributed by atoms with Crippen LogP contribution in [0.4, 0.5) is 0 Å². The molecule has 7 aromatic carbocycles. The molecule has 0 atom stereocenters. The Balaban J connectivity index is 1.12. The largest absolute Gasteiger partial charge is 0.456 e. The summed E-state index contributed by atoms with van der Waals surface area (Å²) >= 11 is 0. The zero-order valence-corrected chi connectivity index (χ0v) is 27.1. The number of fused-ring (bicyclic) bond motifs is 9. The highest BCUT2D eigenvalue weighted by Crippen LogP contribution is 2.38. The summed E-state index contributed by atoms with van der Waals surface area (Å²) < 4.78 is 15.1. The lowest BCUT2D eigenvalue weighted by Gasteiger charge is -2.09. The minimum Gasteiger partial charge on any atom is -0.456 e. The zero-order chi connectivity index (χ0) is 33.5. The van der Waals surface area contributed by atoms with Crippen LogP contribution in [0.2, 0.25) is 0 Å². The Kier molecular flexibility index (Phi) is 5.86. The van der Waals surface area contributed by atoms with Gasteiger partial charge in [-0.25, -0.2) is 15.0 Å². The van der Waals surface area contributed by atoms with Crippen molar-refractivity contribution < 1.29 is 8.83 Å². The topological polar surface area (TPSA) is 69.9 Å². The number of hydrogen-bond acceptors (Lipinski definition) is 5. The molecule has 0 unspecified atom stereocenters. The van der Waals surface area contributed by atoms with Crippen LogP contribution >= 0.6 is 0 Å². The van der Waals surface area contributed by atoms with Gasteiger partial charge in [0.15, 0.2) is 17.5 Å². The number of hydrogen-bond donors (Lipinski definition) is 0. The third-order valence-electron chi connectivity index (χ3n) is 9.86. The van der Waals surface area contributed by atoms with E-state index in [4.69, 9.17) is 23.8 Å². The first-order valence-corrected chi connectivity index (χ1v) is 16.9. The van der Waals surface area contributed by atoms with Gasteiger partial charge < -0.3 is 13.4 Å². The molecule has 51 heavy (non-hydrogen) atoms. The Morgan fingerprint density at radius 1 is 0.373 bits per heavy atom. The summed E-state index contributed by atoms with van der Waals surface area (Å²) in [6, 6.07) is 53.9. The maximum Gasteiger partial charge on any atom is 0.167 e. The Morgan fingerprint density at radius 2 is 0.961 bits per heavy atom. The van der Waals surface area contributed by atoms with E-state index in [1.54, 1.807) is 0 Å². The summed E-state index contributed by atoms with van der Waals surface area (Å²) in [6.45, 7) is 0. The molecule has 6 heteroatoms. The van der Waals surface area contributed by atoms with Crippen LogP contribution in [0.15, 0.2) is 167 Å². The van der Waals surface area contributed by atoms with Gasteiger partial charge in [-0.3, -0.25) is 0 Å². The van der Waals surface area contributed by atoms with E-state index in [0.717, 1.165) is 77.3 Å². The molecular weight excluding hydrogens is 629 g/mol. The molecule has 0 radical (unpaired) electrons. The molecule has 11 aromatic rings. The standard InChI is InChI=1S/C45H26N4O2/c1-2-11-27(12-3-1)43-46-44(48-45(47-43)34-17-10-16-33-32-15-6-9-20-39(32)51-42(33)34)28-21-23-40-35(25-28)36-26-29(22-24-41(36)50-40)49-37-18-7-4-13-30(37)31-14-5-8-19-38(31)49/h1-26H. The molecule has 0 amide bonds. The highest BCUT2D eigenvalue weighted by Gasteiger charge is 2.19. The summed E-state index contributed by atoms with van der Waals surface area (Å²) in [6.07, 6.45) is 0. The van der Waals surface area contributed by atoms with Gasteiger partial charge >= 0.3 is 0 Å². The van der Waals surface area contributed by atoms with Gasteiger partial charge in [-0.05, 0) is 60.7 Å². The normalized spacial score (nSPS) is 11.9. The Hall–Kier alpha value is -7.05. The van der Waals surface area contributed by atoms with Gasteiger partial charge in [0.2, 0.25) is 0 Å². The highest BCUT2D eigenvalue weighted by atomic mass is 16.3. The molecule has 6 nitrogen and oxygen atoms in total. The predicted molar refractivity (Wildman–Crippen MR) is 205 cm³/mol. The predicted octanol–water partition coefficient (Wildman–Crippen LogP) is 11.8. The summed E-state index contributed by atoms with van der Waals surface area (Å²) in [5.74, 6) is 1.71. The molecule has 0 aliphatic carbocycles. The quantitative estimate of drug-likeness (QED) is 0.189. The van der Waals surface area contributed by atoms with Crippen molar-refractivity contribution in [3.8, 4) is 39.9 Å². The van der Waals surface area contributed by atoms with Crippen molar-refractivity contribution in [3.05, 3.63) is 158 Å². The molecule has 4 aromatic heterocycles. The average molecular weight is 655 g/mol. The lowest BCUT2D eigenvalue weighted by Crippen LogP contribution is -2.00. The minimum atomic E-state index is 0.550. The van der Waals surface area contributed by atoms with Gasteiger partial charge in [0.05, 0.1) is 16.6 Å². The number of para-hydroxylation sites is 4. The number of furan rings is 2. The molecule has 238 valence electrons. The van der Waals surface area contributed by atoms with Gasteiger partial charge in [0.25, 0.3) is 0 Å². The van der Waals surface area contributed by atoms with Gasteiger partial charge in [0, 0.05) is 49.1 Å². The van der Waals surface area contributed by atoms with Gasteiger partial charge in [0.1, 0.15) is 22.3 Å². The van der Waals surface area contributed by atoms with Gasteiger partial charge in [-0.1, -0.05) is 97.1 Å². The molecule has 0 fully saturated rings. The van der Waals surface area contributed by atoms with E-state index >= 15 is 0 Å². The van der Waals surface area contributed by atoms with E-state index in [1.165, 1.54) is 10.8 Å². The average Bonchev–Trinajstić information content (AvgIpc) is 3.87. The van der Waals surface area contributed by atoms with Crippen molar-refractivity contribution in [1.82, 2.24) is 19.5 Å². The first-order chi connectivity index (χ1) is 25.3. The monoisotopic (exact) mass is 654 g/mol. The lowest BCUT2D eigenvalue weighted by molar-refractivity contribution is 0.669. The third kappa shape index (κ3) is 4.26. The second-order valence-corrected chi connectivity index (χ2v) is 12.8. The second-order valence-electron chi connectivity index (χ2n) is 12.8. The Bertz CT molecular complexity index is 3100. The number of benzene rings is 7. The van der Waals surface area contributed by atoms with Crippen molar-refractivity contribution in [2.45, 2.75) is 0 Å². The molecule has 0 bridgehead atoms. The van der Waals surface area contributed by atoms with Crippen LogP contribution in [0.1, 0.15) is 0 Å². The summed E-state index contributed by atoms with van der Waals surface area (Å²) in [5.41, 5.74) is 9.20. The van der Waals surface area contributed by atoms with Crippen molar-refractivity contribution >= 4 is 65.7 Å². The van der Waals surface area contributed by atoms with E-state index in [0.29, 0.717) is 17.5 Å². The Morgan fingerprint density at radius 3 is 1.75 bits per heavy atom. The number of nitrogens with zero attached hydrogens (tertiary/aromatic N) is 4. The van der Waals surface area contributed by atoms with Crippen LogP contribution in [0.25, 0.3) is 106 Å². The lowest BCUT2D eigenvalue weighted by atomic mass is 10.1. The van der Waals surface area contributed by atoms with E-state index in [2.05, 4.69) is 89.5 Å². The fourth-order valence-electron chi connectivity index (χ4n) is 7.51. The van der Waals surface area contributed by atoms with E-state index in [9.17, 15) is 0 Å². The van der Waals surface area contributed by atoms with Crippen LogP contribution in [-0.2, 0) is 0 Å².